The quantitative estimate of drug-likeness (QED) is 0.254. The summed E-state index contributed by atoms with van der Waals surface area (Å²) >= 11 is 0. The zero-order valence-corrected chi connectivity index (χ0v) is 20.9. The molecule has 6 heteroatoms. The maximum atomic E-state index is 11.2. The third kappa shape index (κ3) is 7.54. The molecule has 4 N–H and O–H groups in total. The van der Waals surface area contributed by atoms with Crippen molar-refractivity contribution in [3.63, 3.8) is 0 Å². The van der Waals surface area contributed by atoms with Gasteiger partial charge in [0.25, 0.3) is 0 Å². The van der Waals surface area contributed by atoms with E-state index >= 15 is 0 Å². The lowest BCUT2D eigenvalue weighted by molar-refractivity contribution is -0.148. The minimum Gasteiger partial charge on any atom is -0.481 e. The summed E-state index contributed by atoms with van der Waals surface area (Å²) in [5.41, 5.74) is 1.95. The number of hydrogen-bond donors (Lipinski definition) is 4. The molecule has 2 aliphatic carbocycles. The molecule has 2 aliphatic rings. The van der Waals surface area contributed by atoms with Crippen molar-refractivity contribution in [2.24, 2.45) is 10.8 Å². The second kappa shape index (κ2) is 11.8. The minimum atomic E-state index is -0.787. The zero-order chi connectivity index (χ0) is 25.5. The molecule has 0 amide bonds. The van der Waals surface area contributed by atoms with Crippen LogP contribution in [0.3, 0.4) is 0 Å². The van der Waals surface area contributed by atoms with Gasteiger partial charge in [0.15, 0.2) is 0 Å². The van der Waals surface area contributed by atoms with Crippen LogP contribution in [0.4, 0.5) is 0 Å². The van der Waals surface area contributed by atoms with Crippen LogP contribution in [-0.4, -0.2) is 44.6 Å². The standard InChI is InChI=1S/C28H40O6/c1-27(2,25(31)32)17-7-5-9-19-11-13-21(23(19)29)15-16-22-14-12-20(24(22)30)10-6-8-18-28(3,4)26(33)34/h11-16,23-24,29-30H,5-10,17-18H2,1-4H3,(H,31,32)(H,33,34)/b16-15-. The molecule has 0 fully saturated rings. The van der Waals surface area contributed by atoms with E-state index in [0.29, 0.717) is 12.8 Å². The highest BCUT2D eigenvalue weighted by atomic mass is 16.4. The van der Waals surface area contributed by atoms with Crippen LogP contribution in [0.5, 0.6) is 0 Å². The van der Waals surface area contributed by atoms with Gasteiger partial charge in [-0.1, -0.05) is 49.3 Å². The lowest BCUT2D eigenvalue weighted by atomic mass is 9.86. The molecule has 0 heterocycles. The van der Waals surface area contributed by atoms with E-state index < -0.39 is 35.0 Å². The molecule has 0 saturated heterocycles. The smallest absolute Gasteiger partial charge is 0.309 e. The van der Waals surface area contributed by atoms with Gasteiger partial charge in [-0.2, -0.15) is 0 Å². The predicted molar refractivity (Wildman–Crippen MR) is 133 cm³/mol. The Bertz CT molecular complexity index is 839. The molecular formula is C28H40O6. The molecule has 0 spiro atoms. The Morgan fingerprint density at radius 3 is 1.38 bits per heavy atom. The van der Waals surface area contributed by atoms with Crippen LogP contribution in [0.25, 0.3) is 0 Å². The first-order valence-electron chi connectivity index (χ1n) is 12.2. The minimum absolute atomic E-state index is 0.602. The molecule has 34 heavy (non-hydrogen) atoms. The normalized spacial score (nSPS) is 20.9. The van der Waals surface area contributed by atoms with E-state index in [-0.39, 0.29) is 0 Å². The van der Waals surface area contributed by atoms with Gasteiger partial charge in [0, 0.05) is 0 Å². The number of aliphatic hydroxyl groups excluding tert-OH is 2. The number of carbonyl (C=O) groups is 2. The lowest BCUT2D eigenvalue weighted by Crippen LogP contribution is -2.23. The molecule has 6 nitrogen and oxygen atoms in total. The van der Waals surface area contributed by atoms with Crippen LogP contribution < -0.4 is 0 Å². The van der Waals surface area contributed by atoms with Crippen molar-refractivity contribution < 1.29 is 30.0 Å². The Morgan fingerprint density at radius 2 is 1.06 bits per heavy atom. The number of hydrogen-bond acceptors (Lipinski definition) is 4. The van der Waals surface area contributed by atoms with Crippen molar-refractivity contribution in [3.8, 4) is 0 Å². The van der Waals surface area contributed by atoms with Gasteiger partial charge in [0.1, 0.15) is 12.2 Å². The van der Waals surface area contributed by atoms with Crippen LogP contribution in [0.1, 0.15) is 79.1 Å². The van der Waals surface area contributed by atoms with E-state index in [1.807, 2.05) is 36.5 Å². The molecule has 0 aromatic rings. The molecule has 0 aliphatic heterocycles. The Balaban J connectivity index is 1.73. The summed E-state index contributed by atoms with van der Waals surface area (Å²) in [5, 5.41) is 39.6. The van der Waals surface area contributed by atoms with Crippen molar-refractivity contribution in [1.82, 2.24) is 0 Å². The third-order valence-corrected chi connectivity index (χ3v) is 6.97. The Morgan fingerprint density at radius 1 is 0.706 bits per heavy atom. The van der Waals surface area contributed by atoms with E-state index in [1.165, 1.54) is 0 Å². The van der Waals surface area contributed by atoms with Gasteiger partial charge in [-0.15, -0.1) is 0 Å². The largest absolute Gasteiger partial charge is 0.481 e. The molecule has 0 radical (unpaired) electrons. The number of aliphatic carboxylic acids is 2. The first kappa shape index (κ1) is 27.8. The lowest BCUT2D eigenvalue weighted by Gasteiger charge is -2.19. The fourth-order valence-corrected chi connectivity index (χ4v) is 4.13. The molecule has 0 bridgehead atoms. The average Bonchev–Trinajstić information content (AvgIpc) is 3.29. The molecule has 2 unspecified atom stereocenters. The number of unbranched alkanes of at least 4 members (excludes halogenated alkanes) is 2. The van der Waals surface area contributed by atoms with Crippen LogP contribution >= 0.6 is 0 Å². The summed E-state index contributed by atoms with van der Waals surface area (Å²) < 4.78 is 0. The number of rotatable bonds is 14. The second-order valence-corrected chi connectivity index (χ2v) is 10.7. The van der Waals surface area contributed by atoms with Gasteiger partial charge in [-0.3, -0.25) is 9.59 Å². The van der Waals surface area contributed by atoms with Crippen LogP contribution in [0.15, 0.2) is 58.7 Å². The Labute approximate surface area is 203 Å². The van der Waals surface area contributed by atoms with E-state index in [4.69, 9.17) is 0 Å². The van der Waals surface area contributed by atoms with Gasteiger partial charge in [0.05, 0.1) is 10.8 Å². The number of aliphatic hydroxyl groups is 2. The van der Waals surface area contributed by atoms with Crippen LogP contribution in [-0.2, 0) is 9.59 Å². The van der Waals surface area contributed by atoms with E-state index in [0.717, 1.165) is 60.8 Å². The fraction of sp³-hybridized carbons (Fsp3) is 0.571. The van der Waals surface area contributed by atoms with Gasteiger partial charge < -0.3 is 20.4 Å². The summed E-state index contributed by atoms with van der Waals surface area (Å²) in [5.74, 6) is -1.57. The number of carboxylic acids is 2. The van der Waals surface area contributed by atoms with Crippen molar-refractivity contribution in [2.45, 2.75) is 91.3 Å². The maximum Gasteiger partial charge on any atom is 0.309 e. The highest BCUT2D eigenvalue weighted by Crippen LogP contribution is 2.31. The van der Waals surface area contributed by atoms with E-state index in [2.05, 4.69) is 0 Å². The molecule has 0 saturated carbocycles. The fourth-order valence-electron chi connectivity index (χ4n) is 4.13. The monoisotopic (exact) mass is 472 g/mol. The molecule has 0 aromatic heterocycles. The Kier molecular flexibility index (Phi) is 9.65. The van der Waals surface area contributed by atoms with Crippen molar-refractivity contribution in [3.05, 3.63) is 58.7 Å². The Hall–Kier alpha value is -2.44. The SMILES string of the molecule is CC(C)(CCCCC1=CC=C(/C=C\C2=CC=C(CCCCC(C)(C)C(=O)O)C2O)C1O)C(=O)O. The van der Waals surface area contributed by atoms with Gasteiger partial charge in [-0.25, -0.2) is 0 Å². The second-order valence-electron chi connectivity index (χ2n) is 10.7. The summed E-state index contributed by atoms with van der Waals surface area (Å²) in [4.78, 5) is 22.4. The number of allylic oxidation sites excluding steroid dienone is 4. The summed E-state index contributed by atoms with van der Waals surface area (Å²) in [6.45, 7) is 6.93. The third-order valence-electron chi connectivity index (χ3n) is 6.97. The van der Waals surface area contributed by atoms with Gasteiger partial charge in [-0.05, 0) is 88.5 Å². The first-order valence-corrected chi connectivity index (χ1v) is 12.2. The van der Waals surface area contributed by atoms with Crippen molar-refractivity contribution in [1.29, 1.82) is 0 Å². The molecular weight excluding hydrogens is 432 g/mol. The highest BCUT2D eigenvalue weighted by molar-refractivity contribution is 5.73. The van der Waals surface area contributed by atoms with Crippen molar-refractivity contribution >= 4 is 11.9 Å². The van der Waals surface area contributed by atoms with Gasteiger partial charge >= 0.3 is 11.9 Å². The maximum absolute atomic E-state index is 11.2. The predicted octanol–water partition coefficient (Wildman–Crippen LogP) is 5.34. The molecule has 2 rings (SSSR count). The average molecular weight is 473 g/mol. The van der Waals surface area contributed by atoms with Crippen LogP contribution in [0, 0.1) is 10.8 Å². The molecule has 2 atom stereocenters. The topological polar surface area (TPSA) is 115 Å². The molecule has 188 valence electrons. The van der Waals surface area contributed by atoms with E-state index in [1.54, 1.807) is 27.7 Å². The van der Waals surface area contributed by atoms with E-state index in [9.17, 15) is 30.0 Å². The van der Waals surface area contributed by atoms with Crippen LogP contribution in [0.2, 0.25) is 0 Å². The summed E-state index contributed by atoms with van der Waals surface area (Å²) in [6.07, 6.45) is 15.8. The van der Waals surface area contributed by atoms with Crippen molar-refractivity contribution in [2.75, 3.05) is 0 Å². The number of carboxylic acid groups (broad SMARTS) is 2. The first-order chi connectivity index (χ1) is 15.8. The summed E-state index contributed by atoms with van der Waals surface area (Å²) in [7, 11) is 0. The highest BCUT2D eigenvalue weighted by Gasteiger charge is 2.27. The summed E-state index contributed by atoms with van der Waals surface area (Å²) in [6, 6.07) is 0. The zero-order valence-electron chi connectivity index (χ0n) is 20.9. The molecule has 0 aromatic carbocycles. The van der Waals surface area contributed by atoms with Gasteiger partial charge in [0.2, 0.25) is 0 Å².